The zero-order valence-electron chi connectivity index (χ0n) is 13.6. The third-order valence-electron chi connectivity index (χ3n) is 3.77. The van der Waals surface area contributed by atoms with E-state index < -0.39 is 30.9 Å². The molecule has 0 saturated carbocycles. The summed E-state index contributed by atoms with van der Waals surface area (Å²) in [5, 5.41) is 2.04. The summed E-state index contributed by atoms with van der Waals surface area (Å²) in [6.45, 7) is -2.03. The van der Waals surface area contributed by atoms with Gasteiger partial charge in [0.1, 0.15) is 13.1 Å². The predicted molar refractivity (Wildman–Crippen MR) is 99.3 cm³/mol. The molecule has 2 aromatic carbocycles. The Morgan fingerprint density at radius 1 is 1.15 bits per heavy atom. The van der Waals surface area contributed by atoms with Crippen molar-refractivity contribution in [1.29, 1.82) is 0 Å². The zero-order valence-corrected chi connectivity index (χ0v) is 15.9. The van der Waals surface area contributed by atoms with Gasteiger partial charge < -0.3 is 5.32 Å². The van der Waals surface area contributed by atoms with Crippen LogP contribution in [-0.2, 0) is 11.3 Å². The fourth-order valence-electron chi connectivity index (χ4n) is 2.64. The molecule has 0 radical (unpaired) electrons. The topological polar surface area (TPSA) is 56.0 Å². The smallest absolute Gasteiger partial charge is 0.345 e. The largest absolute Gasteiger partial charge is 0.405 e. The van der Waals surface area contributed by atoms with Crippen LogP contribution >= 0.6 is 27.5 Å². The summed E-state index contributed by atoms with van der Waals surface area (Å²) in [6, 6.07) is 11.6. The van der Waals surface area contributed by atoms with E-state index in [0.717, 1.165) is 9.04 Å². The lowest BCUT2D eigenvalue weighted by molar-refractivity contribution is -0.138. The molecule has 1 N–H and O–H groups in total. The Morgan fingerprint density at radius 2 is 1.81 bits per heavy atom. The number of hydrogen-bond acceptors (Lipinski definition) is 2. The van der Waals surface area contributed by atoms with Gasteiger partial charge in [-0.3, -0.25) is 13.9 Å². The van der Waals surface area contributed by atoms with Crippen molar-refractivity contribution < 1.29 is 18.0 Å². The minimum Gasteiger partial charge on any atom is -0.345 e. The number of amides is 1. The van der Waals surface area contributed by atoms with E-state index in [1.54, 1.807) is 47.8 Å². The Bertz CT molecular complexity index is 1060. The third-order valence-corrected chi connectivity index (χ3v) is 4.61. The molecule has 0 bridgehead atoms. The maximum absolute atomic E-state index is 12.9. The second-order valence-corrected chi connectivity index (χ2v) is 7.00. The number of halogens is 5. The Labute approximate surface area is 164 Å². The minimum absolute atomic E-state index is 0.280. The number of imidazole rings is 1. The second kappa shape index (κ2) is 7.40. The number of para-hydroxylation sites is 1. The summed E-state index contributed by atoms with van der Waals surface area (Å²) in [7, 11) is 0. The first-order valence-electron chi connectivity index (χ1n) is 7.66. The molecule has 10 heteroatoms. The van der Waals surface area contributed by atoms with E-state index in [9.17, 15) is 22.8 Å². The van der Waals surface area contributed by atoms with Crippen molar-refractivity contribution >= 4 is 44.5 Å². The first-order valence-corrected chi connectivity index (χ1v) is 8.83. The highest BCUT2D eigenvalue weighted by atomic mass is 79.9. The number of rotatable bonds is 4. The van der Waals surface area contributed by atoms with Gasteiger partial charge in [-0.25, -0.2) is 4.79 Å². The summed E-state index contributed by atoms with van der Waals surface area (Å²) in [4.78, 5) is 24.8. The van der Waals surface area contributed by atoms with Gasteiger partial charge in [-0.1, -0.05) is 33.6 Å². The van der Waals surface area contributed by atoms with Crippen LogP contribution in [0.3, 0.4) is 0 Å². The van der Waals surface area contributed by atoms with E-state index in [4.69, 9.17) is 11.6 Å². The van der Waals surface area contributed by atoms with Gasteiger partial charge in [0.05, 0.1) is 21.7 Å². The quantitative estimate of drug-likeness (QED) is 0.640. The van der Waals surface area contributed by atoms with Crippen LogP contribution in [0.1, 0.15) is 0 Å². The first-order chi connectivity index (χ1) is 12.7. The SMILES string of the molecule is O=C(Cn1c(=O)n(-c2ccc(Br)cc2)c2c(Cl)cccc21)NCC(F)(F)F. The highest BCUT2D eigenvalue weighted by molar-refractivity contribution is 9.10. The number of carbonyl (C=O) groups is 1. The number of nitrogens with one attached hydrogen (secondary N) is 1. The summed E-state index contributed by atoms with van der Waals surface area (Å²) < 4.78 is 40.1. The van der Waals surface area contributed by atoms with E-state index in [0.29, 0.717) is 16.7 Å². The molecule has 27 heavy (non-hydrogen) atoms. The minimum atomic E-state index is -4.53. The summed E-state index contributed by atoms with van der Waals surface area (Å²) >= 11 is 9.56. The number of carbonyl (C=O) groups excluding carboxylic acids is 1. The van der Waals surface area contributed by atoms with Crippen molar-refractivity contribution in [2.45, 2.75) is 12.7 Å². The molecule has 0 fully saturated rings. The summed E-state index contributed by atoms with van der Waals surface area (Å²) in [5.74, 6) is -0.927. The predicted octanol–water partition coefficient (Wildman–Crippen LogP) is 3.89. The van der Waals surface area contributed by atoms with Crippen LogP contribution in [0, 0.1) is 0 Å². The van der Waals surface area contributed by atoms with Gasteiger partial charge in [0.15, 0.2) is 0 Å². The normalized spacial score (nSPS) is 11.7. The van der Waals surface area contributed by atoms with Crippen LogP contribution in [0.15, 0.2) is 51.7 Å². The summed E-state index contributed by atoms with van der Waals surface area (Å²) in [5.41, 5.74) is 0.644. The molecule has 142 valence electrons. The number of alkyl halides is 3. The molecule has 0 aliphatic carbocycles. The van der Waals surface area contributed by atoms with Crippen LogP contribution < -0.4 is 11.0 Å². The van der Waals surface area contributed by atoms with Crippen molar-refractivity contribution in [3.63, 3.8) is 0 Å². The summed E-state index contributed by atoms with van der Waals surface area (Å²) in [6.07, 6.45) is -4.53. The molecule has 0 aliphatic heterocycles. The molecule has 0 aliphatic rings. The number of hydrogen-bond donors (Lipinski definition) is 1. The fraction of sp³-hybridized carbons (Fsp3) is 0.176. The molecular weight excluding hydrogens is 451 g/mol. The highest BCUT2D eigenvalue weighted by Crippen LogP contribution is 2.26. The number of aromatic nitrogens is 2. The Hall–Kier alpha value is -2.26. The van der Waals surface area contributed by atoms with Crippen LogP contribution in [-0.4, -0.2) is 27.8 Å². The van der Waals surface area contributed by atoms with Crippen molar-refractivity contribution in [2.24, 2.45) is 0 Å². The van der Waals surface area contributed by atoms with E-state index in [2.05, 4.69) is 15.9 Å². The average Bonchev–Trinajstić information content (AvgIpc) is 2.87. The van der Waals surface area contributed by atoms with Crippen LogP contribution in [0.2, 0.25) is 5.02 Å². The van der Waals surface area contributed by atoms with Gasteiger partial charge in [0, 0.05) is 4.47 Å². The standard InChI is InChI=1S/C17H12BrClF3N3O2/c18-10-4-6-11(7-5-10)25-15-12(19)2-1-3-13(15)24(16(25)27)8-14(26)23-9-17(20,21)22/h1-7H,8-9H2,(H,23,26). The Balaban J connectivity index is 2.08. The lowest BCUT2D eigenvalue weighted by Gasteiger charge is -2.08. The zero-order chi connectivity index (χ0) is 19.8. The van der Waals surface area contributed by atoms with Crippen molar-refractivity contribution in [3.05, 3.63) is 62.4 Å². The molecule has 3 aromatic rings. The van der Waals surface area contributed by atoms with Gasteiger partial charge in [0.25, 0.3) is 0 Å². The fourth-order valence-corrected chi connectivity index (χ4v) is 3.16. The number of nitrogens with zero attached hydrogens (tertiary/aromatic N) is 2. The first kappa shape index (κ1) is 19.5. The molecule has 3 rings (SSSR count). The lowest BCUT2D eigenvalue weighted by Crippen LogP contribution is -2.37. The second-order valence-electron chi connectivity index (χ2n) is 5.68. The van der Waals surface area contributed by atoms with Gasteiger partial charge in [-0.15, -0.1) is 0 Å². The van der Waals surface area contributed by atoms with Gasteiger partial charge in [0.2, 0.25) is 5.91 Å². The van der Waals surface area contributed by atoms with Crippen LogP contribution in [0.4, 0.5) is 13.2 Å². The molecule has 1 amide bonds. The van der Waals surface area contributed by atoms with E-state index >= 15 is 0 Å². The van der Waals surface area contributed by atoms with Crippen molar-refractivity contribution in [3.8, 4) is 5.69 Å². The monoisotopic (exact) mass is 461 g/mol. The highest BCUT2D eigenvalue weighted by Gasteiger charge is 2.28. The number of benzene rings is 2. The molecule has 1 heterocycles. The average molecular weight is 463 g/mol. The van der Waals surface area contributed by atoms with E-state index in [-0.39, 0.29) is 5.02 Å². The molecule has 0 atom stereocenters. The Morgan fingerprint density at radius 3 is 2.44 bits per heavy atom. The maximum atomic E-state index is 12.9. The van der Waals surface area contributed by atoms with Crippen LogP contribution in [0.5, 0.6) is 0 Å². The third kappa shape index (κ3) is 4.19. The molecule has 0 spiro atoms. The number of fused-ring (bicyclic) bond motifs is 1. The molecule has 1 aromatic heterocycles. The molecule has 5 nitrogen and oxygen atoms in total. The van der Waals surface area contributed by atoms with Crippen LogP contribution in [0.25, 0.3) is 16.7 Å². The van der Waals surface area contributed by atoms with Crippen molar-refractivity contribution in [1.82, 2.24) is 14.5 Å². The van der Waals surface area contributed by atoms with Crippen molar-refractivity contribution in [2.75, 3.05) is 6.54 Å². The molecule has 0 unspecified atom stereocenters. The molecular formula is C17H12BrClF3N3O2. The van der Waals surface area contributed by atoms with Gasteiger partial charge >= 0.3 is 11.9 Å². The van der Waals surface area contributed by atoms with E-state index in [1.165, 1.54) is 4.57 Å². The molecule has 0 saturated heterocycles. The Kier molecular flexibility index (Phi) is 5.34. The lowest BCUT2D eigenvalue weighted by atomic mass is 10.2. The van der Waals surface area contributed by atoms with Gasteiger partial charge in [-0.2, -0.15) is 13.2 Å². The maximum Gasteiger partial charge on any atom is 0.405 e. The van der Waals surface area contributed by atoms with Gasteiger partial charge in [-0.05, 0) is 36.4 Å². The van der Waals surface area contributed by atoms with E-state index in [1.807, 2.05) is 0 Å².